The maximum Gasteiger partial charge on any atom is 0.308 e. The van der Waals surface area contributed by atoms with Crippen LogP contribution in [0.1, 0.15) is 17.3 Å². The molecule has 0 saturated heterocycles. The minimum atomic E-state index is -0.925. The molecule has 0 aliphatic rings. The van der Waals surface area contributed by atoms with Crippen LogP contribution in [0.15, 0.2) is 24.3 Å². The van der Waals surface area contributed by atoms with Crippen LogP contribution < -0.4 is 4.74 Å². The second-order valence-electron chi connectivity index (χ2n) is 4.79. The maximum absolute atomic E-state index is 12.2. The quantitative estimate of drug-likeness (QED) is 0.736. The van der Waals surface area contributed by atoms with E-state index < -0.39 is 11.9 Å². The summed E-state index contributed by atoms with van der Waals surface area (Å²) in [5.74, 6) is -1.19. The van der Waals surface area contributed by atoms with Crippen LogP contribution in [-0.2, 0) is 9.53 Å². The lowest BCUT2D eigenvalue weighted by Crippen LogP contribution is -2.33. The average Bonchev–Trinajstić information content (AvgIpc) is 2.46. The van der Waals surface area contributed by atoms with Crippen molar-refractivity contribution >= 4 is 11.9 Å². The van der Waals surface area contributed by atoms with Gasteiger partial charge >= 0.3 is 5.97 Å². The predicted octanol–water partition coefficient (Wildman–Crippen LogP) is 1.50. The number of rotatable bonds is 8. The molecule has 21 heavy (non-hydrogen) atoms. The number of benzene rings is 1. The number of nitrogens with zero attached hydrogens (tertiary/aromatic N) is 1. The number of ether oxygens (including phenoxy) is 2. The van der Waals surface area contributed by atoms with E-state index in [0.717, 1.165) is 0 Å². The summed E-state index contributed by atoms with van der Waals surface area (Å²) in [4.78, 5) is 24.5. The highest BCUT2D eigenvalue weighted by Gasteiger charge is 2.18. The Morgan fingerprint density at radius 3 is 2.67 bits per heavy atom. The molecule has 0 saturated carbocycles. The number of carboxylic acid groups (broad SMARTS) is 1. The number of carbonyl (C=O) groups is 2. The number of amides is 1. The molecule has 0 bridgehead atoms. The van der Waals surface area contributed by atoms with Gasteiger partial charge in [-0.2, -0.15) is 0 Å². The van der Waals surface area contributed by atoms with Crippen LogP contribution in [0.5, 0.6) is 5.75 Å². The first kappa shape index (κ1) is 17.0. The lowest BCUT2D eigenvalue weighted by molar-refractivity contribution is -0.141. The largest absolute Gasteiger partial charge is 0.491 e. The van der Waals surface area contributed by atoms with Crippen LogP contribution in [0.25, 0.3) is 0 Å². The Hall–Kier alpha value is -2.08. The summed E-state index contributed by atoms with van der Waals surface area (Å²) in [6, 6.07) is 6.80. The minimum absolute atomic E-state index is 0.156. The molecular weight excluding hydrogens is 274 g/mol. The van der Waals surface area contributed by atoms with Gasteiger partial charge < -0.3 is 19.5 Å². The molecule has 0 aliphatic carbocycles. The molecule has 0 fully saturated rings. The van der Waals surface area contributed by atoms with Crippen molar-refractivity contribution in [1.82, 2.24) is 4.90 Å². The van der Waals surface area contributed by atoms with Gasteiger partial charge in [0.15, 0.2) is 0 Å². The molecule has 0 radical (unpaired) electrons. The Morgan fingerprint density at radius 2 is 2.05 bits per heavy atom. The molecule has 1 N–H and O–H groups in total. The predicted molar refractivity (Wildman–Crippen MR) is 77.6 cm³/mol. The van der Waals surface area contributed by atoms with E-state index in [-0.39, 0.29) is 12.5 Å². The molecule has 1 amide bonds. The van der Waals surface area contributed by atoms with Gasteiger partial charge in [-0.3, -0.25) is 9.59 Å². The Morgan fingerprint density at radius 1 is 1.33 bits per heavy atom. The Kier molecular flexibility index (Phi) is 6.68. The first-order chi connectivity index (χ1) is 9.95. The van der Waals surface area contributed by atoms with Crippen LogP contribution in [0.4, 0.5) is 0 Å². The summed E-state index contributed by atoms with van der Waals surface area (Å²) in [6.07, 6.45) is 0. The lowest BCUT2D eigenvalue weighted by atomic mass is 10.1. The molecule has 0 aromatic heterocycles. The van der Waals surface area contributed by atoms with Crippen LogP contribution in [0.3, 0.4) is 0 Å². The van der Waals surface area contributed by atoms with Gasteiger partial charge in [-0.15, -0.1) is 0 Å². The zero-order valence-corrected chi connectivity index (χ0v) is 12.5. The van der Waals surface area contributed by atoms with Crippen molar-refractivity contribution in [2.24, 2.45) is 5.92 Å². The summed E-state index contributed by atoms with van der Waals surface area (Å²) in [7, 11) is 3.17. The fourth-order valence-corrected chi connectivity index (χ4v) is 1.75. The summed E-state index contributed by atoms with van der Waals surface area (Å²) >= 11 is 0. The molecular formula is C15H21NO5. The van der Waals surface area contributed by atoms with Gasteiger partial charge in [-0.05, 0) is 18.2 Å². The average molecular weight is 295 g/mol. The van der Waals surface area contributed by atoms with Crippen LogP contribution >= 0.6 is 0 Å². The van der Waals surface area contributed by atoms with E-state index in [0.29, 0.717) is 24.5 Å². The molecule has 0 aliphatic heterocycles. The maximum atomic E-state index is 12.2. The number of aliphatic carboxylic acids is 1. The van der Waals surface area contributed by atoms with Crippen LogP contribution in [-0.4, -0.2) is 55.8 Å². The number of hydrogen-bond donors (Lipinski definition) is 1. The zero-order chi connectivity index (χ0) is 15.8. The molecule has 1 atom stereocenters. The standard InChI is InChI=1S/C15H21NO5/c1-11(15(18)19)10-16(2)14(17)12-5-4-6-13(9-12)21-8-7-20-3/h4-6,9,11H,7-8,10H2,1-3H3,(H,18,19). The van der Waals surface area contributed by atoms with E-state index in [1.54, 1.807) is 45.3 Å². The van der Waals surface area contributed by atoms with Crippen molar-refractivity contribution < 1.29 is 24.2 Å². The number of carbonyl (C=O) groups excluding carboxylic acids is 1. The number of hydrogen-bond acceptors (Lipinski definition) is 4. The SMILES string of the molecule is COCCOc1cccc(C(=O)N(C)CC(C)C(=O)O)c1. The minimum Gasteiger partial charge on any atom is -0.491 e. The Bertz CT molecular complexity index is 489. The van der Waals surface area contributed by atoms with E-state index >= 15 is 0 Å². The van der Waals surface area contributed by atoms with E-state index in [1.807, 2.05) is 0 Å². The third kappa shape index (κ3) is 5.43. The normalized spacial score (nSPS) is 11.8. The molecule has 116 valence electrons. The van der Waals surface area contributed by atoms with E-state index in [2.05, 4.69) is 0 Å². The molecule has 1 unspecified atom stereocenters. The Labute approximate surface area is 124 Å². The molecule has 6 heteroatoms. The van der Waals surface area contributed by atoms with Gasteiger partial charge in [0.1, 0.15) is 12.4 Å². The number of methoxy groups -OCH3 is 1. The lowest BCUT2D eigenvalue weighted by Gasteiger charge is -2.19. The monoisotopic (exact) mass is 295 g/mol. The van der Waals surface area contributed by atoms with Gasteiger partial charge in [-0.1, -0.05) is 13.0 Å². The smallest absolute Gasteiger partial charge is 0.308 e. The van der Waals surface area contributed by atoms with E-state index in [1.165, 1.54) is 4.90 Å². The topological polar surface area (TPSA) is 76.1 Å². The van der Waals surface area contributed by atoms with E-state index in [4.69, 9.17) is 14.6 Å². The zero-order valence-electron chi connectivity index (χ0n) is 12.5. The van der Waals surface area contributed by atoms with Crippen LogP contribution in [0, 0.1) is 5.92 Å². The summed E-state index contributed by atoms with van der Waals surface area (Å²) in [6.45, 7) is 2.59. The molecule has 0 spiro atoms. The third-order valence-electron chi connectivity index (χ3n) is 2.95. The third-order valence-corrected chi connectivity index (χ3v) is 2.95. The van der Waals surface area contributed by atoms with Gasteiger partial charge in [0.2, 0.25) is 0 Å². The van der Waals surface area contributed by atoms with Crippen LogP contribution in [0.2, 0.25) is 0 Å². The highest BCUT2D eigenvalue weighted by atomic mass is 16.5. The molecule has 0 heterocycles. The second-order valence-corrected chi connectivity index (χ2v) is 4.79. The van der Waals surface area contributed by atoms with Crippen molar-refractivity contribution in [3.8, 4) is 5.75 Å². The second kappa shape index (κ2) is 8.26. The van der Waals surface area contributed by atoms with Gasteiger partial charge in [0.05, 0.1) is 12.5 Å². The van der Waals surface area contributed by atoms with Gasteiger partial charge in [-0.25, -0.2) is 0 Å². The highest BCUT2D eigenvalue weighted by molar-refractivity contribution is 5.94. The molecule has 1 aromatic carbocycles. The fourth-order valence-electron chi connectivity index (χ4n) is 1.75. The van der Waals surface area contributed by atoms with Crippen molar-refractivity contribution in [3.63, 3.8) is 0 Å². The first-order valence-corrected chi connectivity index (χ1v) is 6.65. The van der Waals surface area contributed by atoms with Crippen molar-refractivity contribution in [1.29, 1.82) is 0 Å². The highest BCUT2D eigenvalue weighted by Crippen LogP contribution is 2.15. The van der Waals surface area contributed by atoms with Crippen molar-refractivity contribution in [2.45, 2.75) is 6.92 Å². The summed E-state index contributed by atoms with van der Waals surface area (Å²) in [5.41, 5.74) is 0.463. The Balaban J connectivity index is 2.68. The van der Waals surface area contributed by atoms with Crippen molar-refractivity contribution in [3.05, 3.63) is 29.8 Å². The first-order valence-electron chi connectivity index (χ1n) is 6.65. The van der Waals surface area contributed by atoms with Gasteiger partial charge in [0, 0.05) is 26.3 Å². The molecule has 6 nitrogen and oxygen atoms in total. The number of carboxylic acids is 1. The summed E-state index contributed by atoms with van der Waals surface area (Å²) in [5, 5.41) is 8.88. The fraction of sp³-hybridized carbons (Fsp3) is 0.467. The molecule has 1 rings (SSSR count). The van der Waals surface area contributed by atoms with Crippen molar-refractivity contribution in [2.75, 3.05) is 33.9 Å². The summed E-state index contributed by atoms with van der Waals surface area (Å²) < 4.78 is 10.3. The van der Waals surface area contributed by atoms with Gasteiger partial charge in [0.25, 0.3) is 5.91 Å². The molecule has 1 aromatic rings. The van der Waals surface area contributed by atoms with E-state index in [9.17, 15) is 9.59 Å².